The van der Waals surface area contributed by atoms with Crippen molar-refractivity contribution < 1.29 is 9.94 Å². The van der Waals surface area contributed by atoms with Crippen LogP contribution in [0.5, 0.6) is 0 Å². The molecular weight excluding hydrogens is 254 g/mol. The molecule has 0 saturated carbocycles. The van der Waals surface area contributed by atoms with Crippen LogP contribution in [-0.2, 0) is 0 Å². The second-order valence-electron chi connectivity index (χ2n) is 4.94. The summed E-state index contributed by atoms with van der Waals surface area (Å²) in [5.41, 5.74) is 2.92. The van der Waals surface area contributed by atoms with Crippen LogP contribution >= 0.6 is 0 Å². The van der Waals surface area contributed by atoms with Gasteiger partial charge in [-0.15, -0.1) is 0 Å². The van der Waals surface area contributed by atoms with Crippen molar-refractivity contribution in [3.05, 3.63) is 46.9 Å². The molecule has 2 rings (SSSR count). The van der Waals surface area contributed by atoms with E-state index < -0.39 is 0 Å². The first-order valence-corrected chi connectivity index (χ1v) is 6.54. The van der Waals surface area contributed by atoms with Crippen molar-refractivity contribution in [3.8, 4) is 11.4 Å². The first-order chi connectivity index (χ1) is 9.49. The van der Waals surface area contributed by atoms with E-state index in [1.807, 2.05) is 48.7 Å². The van der Waals surface area contributed by atoms with Crippen LogP contribution in [0.2, 0.25) is 0 Å². The minimum absolute atomic E-state index is 0.191. The zero-order valence-electron chi connectivity index (χ0n) is 12.2. The smallest absolute Gasteiger partial charge is 0.292 e. The van der Waals surface area contributed by atoms with Crippen molar-refractivity contribution in [3.63, 3.8) is 0 Å². The van der Waals surface area contributed by atoms with Crippen LogP contribution in [0.1, 0.15) is 31.3 Å². The highest BCUT2D eigenvalue weighted by Crippen LogP contribution is 2.25. The molecule has 106 valence electrons. The van der Waals surface area contributed by atoms with Gasteiger partial charge < -0.3 is 10.4 Å². The highest BCUT2D eigenvalue weighted by atomic mass is 16.5. The van der Waals surface area contributed by atoms with Crippen LogP contribution in [-0.4, -0.2) is 15.5 Å². The van der Waals surface area contributed by atoms with Crippen LogP contribution in [0.3, 0.4) is 0 Å². The predicted molar refractivity (Wildman–Crippen MR) is 77.9 cm³/mol. The third kappa shape index (κ3) is 2.15. The van der Waals surface area contributed by atoms with Crippen LogP contribution < -0.4 is 4.73 Å². The summed E-state index contributed by atoms with van der Waals surface area (Å²) in [6.45, 7) is 7.35. The van der Waals surface area contributed by atoms with Gasteiger partial charge in [-0.25, -0.2) is 9.30 Å². The minimum atomic E-state index is -0.191. The molecule has 1 aromatic carbocycles. The maximum atomic E-state index is 12.4. The topological polar surface area (TPSA) is 64.5 Å². The van der Waals surface area contributed by atoms with Crippen molar-refractivity contribution in [2.45, 2.75) is 33.7 Å². The molecule has 1 atom stereocenters. The predicted octanol–water partition coefficient (Wildman–Crippen LogP) is 2.82. The molecular formula is C15H19N3O2. The zero-order valence-corrected chi connectivity index (χ0v) is 12.2. The average Bonchev–Trinajstić information content (AvgIpc) is 2.70. The molecule has 2 aromatic rings. The lowest BCUT2D eigenvalue weighted by Gasteiger charge is -2.12. The van der Waals surface area contributed by atoms with E-state index in [2.05, 4.69) is 5.16 Å². The average molecular weight is 273 g/mol. The molecule has 0 spiro atoms. The number of imidazole rings is 1. The first-order valence-electron chi connectivity index (χ1n) is 6.54. The second-order valence-corrected chi connectivity index (χ2v) is 4.94. The Morgan fingerprint density at radius 2 is 1.90 bits per heavy atom. The Balaban J connectivity index is 2.71. The number of rotatable bonds is 3. The van der Waals surface area contributed by atoms with Crippen molar-refractivity contribution >= 4 is 5.71 Å². The highest BCUT2D eigenvalue weighted by Gasteiger charge is 2.28. The van der Waals surface area contributed by atoms with E-state index in [0.717, 1.165) is 16.0 Å². The summed E-state index contributed by atoms with van der Waals surface area (Å²) in [4.78, 5) is 0. The lowest BCUT2D eigenvalue weighted by molar-refractivity contribution is -0.599. The highest BCUT2D eigenvalue weighted by molar-refractivity contribution is 5.85. The number of hydrogen-bond acceptors (Lipinski definition) is 3. The van der Waals surface area contributed by atoms with Gasteiger partial charge in [-0.05, 0) is 26.0 Å². The van der Waals surface area contributed by atoms with E-state index in [1.54, 1.807) is 13.8 Å². The monoisotopic (exact) mass is 273 g/mol. The number of nitrogens with zero attached hydrogens (tertiary/aromatic N) is 3. The van der Waals surface area contributed by atoms with E-state index in [0.29, 0.717) is 17.2 Å². The first kappa shape index (κ1) is 14.1. The van der Waals surface area contributed by atoms with Crippen molar-refractivity contribution in [1.29, 1.82) is 0 Å². The van der Waals surface area contributed by atoms with Gasteiger partial charge in [0.25, 0.3) is 5.82 Å². The minimum Gasteiger partial charge on any atom is -0.710 e. The quantitative estimate of drug-likeness (QED) is 0.307. The van der Waals surface area contributed by atoms with Crippen molar-refractivity contribution in [2.75, 3.05) is 0 Å². The molecule has 0 radical (unpaired) electrons. The maximum absolute atomic E-state index is 12.4. The molecule has 0 amide bonds. The summed E-state index contributed by atoms with van der Waals surface area (Å²) in [5, 5.41) is 24.7. The molecule has 1 aromatic heterocycles. The summed E-state index contributed by atoms with van der Waals surface area (Å²) < 4.78 is 2.85. The summed E-state index contributed by atoms with van der Waals surface area (Å²) >= 11 is 0. The molecule has 20 heavy (non-hydrogen) atoms. The lowest BCUT2D eigenvalue weighted by Crippen LogP contribution is -2.31. The molecule has 0 aliphatic carbocycles. The fourth-order valence-electron chi connectivity index (χ4n) is 2.32. The fraction of sp³-hybridized carbons (Fsp3) is 0.333. The van der Waals surface area contributed by atoms with Gasteiger partial charge in [0.2, 0.25) is 0 Å². The summed E-state index contributed by atoms with van der Waals surface area (Å²) in [6, 6.07) is 9.32. The van der Waals surface area contributed by atoms with Crippen LogP contribution in [0, 0.1) is 19.1 Å². The molecule has 1 unspecified atom stereocenters. The second kappa shape index (κ2) is 5.36. The van der Waals surface area contributed by atoms with E-state index in [1.165, 1.54) is 0 Å². The SMILES string of the molecule is C/C(=N\O)C(C)n1c(C)c(C)[n+]([O-])c1-c1ccccc1. The molecule has 0 bridgehead atoms. The van der Waals surface area contributed by atoms with E-state index >= 15 is 0 Å². The van der Waals surface area contributed by atoms with Gasteiger partial charge in [0, 0.05) is 13.8 Å². The van der Waals surface area contributed by atoms with Crippen molar-refractivity contribution in [2.24, 2.45) is 5.16 Å². The van der Waals surface area contributed by atoms with E-state index in [-0.39, 0.29) is 6.04 Å². The third-order valence-electron chi connectivity index (χ3n) is 3.79. The molecule has 5 heteroatoms. The van der Waals surface area contributed by atoms with Gasteiger partial charge in [-0.2, -0.15) is 0 Å². The summed E-state index contributed by atoms with van der Waals surface area (Å²) in [7, 11) is 0. The standard InChI is InChI=1S/C15H19N3O2/c1-10(16-19)11(2)17-12(3)13(4)18(20)15(17)14-8-6-5-7-9-14/h5-9,11,19H,1-4H3/b16-10+. The van der Waals surface area contributed by atoms with Gasteiger partial charge in [0.1, 0.15) is 17.4 Å². The number of hydrogen-bond donors (Lipinski definition) is 1. The normalized spacial score (nSPS) is 13.5. The molecule has 5 nitrogen and oxygen atoms in total. The molecule has 0 aliphatic heterocycles. The molecule has 0 aliphatic rings. The Morgan fingerprint density at radius 3 is 2.45 bits per heavy atom. The Kier molecular flexibility index (Phi) is 3.79. The molecule has 0 saturated heterocycles. The molecule has 1 N–H and O–H groups in total. The summed E-state index contributed by atoms with van der Waals surface area (Å²) in [5.74, 6) is 0.566. The zero-order chi connectivity index (χ0) is 14.9. The van der Waals surface area contributed by atoms with E-state index in [4.69, 9.17) is 5.21 Å². The van der Waals surface area contributed by atoms with Crippen LogP contribution in [0.15, 0.2) is 35.5 Å². The molecule has 1 heterocycles. The van der Waals surface area contributed by atoms with Crippen molar-refractivity contribution in [1.82, 2.24) is 4.57 Å². The van der Waals surface area contributed by atoms with Gasteiger partial charge >= 0.3 is 0 Å². The number of benzene rings is 1. The van der Waals surface area contributed by atoms with Gasteiger partial charge in [-0.3, -0.25) is 0 Å². The summed E-state index contributed by atoms with van der Waals surface area (Å²) in [6.07, 6.45) is 0. The van der Waals surface area contributed by atoms with Crippen LogP contribution in [0.25, 0.3) is 11.4 Å². The Bertz CT molecular complexity index is 645. The maximum Gasteiger partial charge on any atom is 0.292 e. The van der Waals surface area contributed by atoms with Gasteiger partial charge in [0.05, 0.1) is 11.3 Å². The molecule has 0 fully saturated rings. The van der Waals surface area contributed by atoms with Crippen LogP contribution in [0.4, 0.5) is 0 Å². The van der Waals surface area contributed by atoms with Gasteiger partial charge in [-0.1, -0.05) is 23.4 Å². The lowest BCUT2D eigenvalue weighted by atomic mass is 10.1. The Hall–Kier alpha value is -2.30. The Morgan fingerprint density at radius 1 is 1.30 bits per heavy atom. The fourth-order valence-corrected chi connectivity index (χ4v) is 2.32. The number of oxime groups is 1. The van der Waals surface area contributed by atoms with Gasteiger partial charge in [0.15, 0.2) is 0 Å². The Labute approximate surface area is 118 Å². The largest absolute Gasteiger partial charge is 0.710 e. The van der Waals surface area contributed by atoms with E-state index in [9.17, 15) is 5.21 Å². The number of aromatic nitrogens is 2. The third-order valence-corrected chi connectivity index (χ3v) is 3.79.